The molecule has 17 heavy (non-hydrogen) atoms. The number of hydrogen-bond donors (Lipinski definition) is 1. The SMILES string of the molecule is CCCC(C)Cn1nc(CC)c(CO)c1CC. The zero-order valence-electron chi connectivity index (χ0n) is 11.7. The summed E-state index contributed by atoms with van der Waals surface area (Å²) in [6, 6.07) is 0. The van der Waals surface area contributed by atoms with Crippen LogP contribution >= 0.6 is 0 Å². The molecule has 0 spiro atoms. The zero-order chi connectivity index (χ0) is 12.8. The number of nitrogens with zero attached hydrogens (tertiary/aromatic N) is 2. The Morgan fingerprint density at radius 3 is 2.41 bits per heavy atom. The van der Waals surface area contributed by atoms with Crippen molar-refractivity contribution in [3.05, 3.63) is 17.0 Å². The third-order valence-electron chi connectivity index (χ3n) is 3.34. The van der Waals surface area contributed by atoms with Crippen LogP contribution in [0.5, 0.6) is 0 Å². The topological polar surface area (TPSA) is 38.0 Å². The lowest BCUT2D eigenvalue weighted by molar-refractivity contribution is 0.279. The lowest BCUT2D eigenvalue weighted by atomic mass is 10.1. The molecule has 0 saturated heterocycles. The van der Waals surface area contributed by atoms with Gasteiger partial charge in [0, 0.05) is 17.8 Å². The predicted octanol–water partition coefficient (Wildman–Crippen LogP) is 2.94. The summed E-state index contributed by atoms with van der Waals surface area (Å²) in [6.45, 7) is 9.82. The first-order chi connectivity index (χ1) is 8.17. The van der Waals surface area contributed by atoms with Crippen LogP contribution in [0.2, 0.25) is 0 Å². The van der Waals surface area contributed by atoms with E-state index >= 15 is 0 Å². The highest BCUT2D eigenvalue weighted by atomic mass is 16.3. The molecule has 3 heteroatoms. The molecule has 3 nitrogen and oxygen atoms in total. The highest BCUT2D eigenvalue weighted by Gasteiger charge is 2.15. The first-order valence-electron chi connectivity index (χ1n) is 6.86. The lowest BCUT2D eigenvalue weighted by Gasteiger charge is -2.12. The Morgan fingerprint density at radius 2 is 1.94 bits per heavy atom. The van der Waals surface area contributed by atoms with Crippen LogP contribution in [0.4, 0.5) is 0 Å². The molecule has 0 fully saturated rings. The number of rotatable bonds is 7. The molecule has 0 saturated carbocycles. The quantitative estimate of drug-likeness (QED) is 0.793. The van der Waals surface area contributed by atoms with Crippen molar-refractivity contribution in [2.45, 2.75) is 66.5 Å². The van der Waals surface area contributed by atoms with Gasteiger partial charge in [0.15, 0.2) is 0 Å². The van der Waals surface area contributed by atoms with E-state index in [2.05, 4.69) is 37.5 Å². The molecular formula is C14H26N2O. The molecule has 1 heterocycles. The Bertz CT molecular complexity index is 344. The van der Waals surface area contributed by atoms with E-state index in [-0.39, 0.29) is 6.61 Å². The van der Waals surface area contributed by atoms with Crippen molar-refractivity contribution in [2.75, 3.05) is 0 Å². The van der Waals surface area contributed by atoms with Gasteiger partial charge in [-0.15, -0.1) is 0 Å². The zero-order valence-corrected chi connectivity index (χ0v) is 11.7. The molecule has 0 bridgehead atoms. The van der Waals surface area contributed by atoms with Crippen molar-refractivity contribution in [3.8, 4) is 0 Å². The van der Waals surface area contributed by atoms with E-state index in [1.807, 2.05) is 0 Å². The normalized spacial score (nSPS) is 13.0. The third kappa shape index (κ3) is 3.32. The molecular weight excluding hydrogens is 212 g/mol. The summed E-state index contributed by atoms with van der Waals surface area (Å²) in [5.74, 6) is 0.654. The number of aromatic nitrogens is 2. The largest absolute Gasteiger partial charge is 0.392 e. The van der Waals surface area contributed by atoms with Crippen molar-refractivity contribution in [1.82, 2.24) is 9.78 Å². The standard InChI is InChI=1S/C14H26N2O/c1-5-8-11(4)9-16-14(7-3)12(10-17)13(6-2)15-16/h11,17H,5-10H2,1-4H3. The Morgan fingerprint density at radius 1 is 1.24 bits per heavy atom. The van der Waals surface area contributed by atoms with Crippen LogP contribution < -0.4 is 0 Å². The van der Waals surface area contributed by atoms with Gasteiger partial charge in [-0.2, -0.15) is 5.10 Å². The second-order valence-corrected chi connectivity index (χ2v) is 4.81. The van der Waals surface area contributed by atoms with Crippen molar-refractivity contribution in [1.29, 1.82) is 0 Å². The van der Waals surface area contributed by atoms with E-state index in [9.17, 15) is 5.11 Å². The van der Waals surface area contributed by atoms with E-state index in [1.165, 1.54) is 18.5 Å². The van der Waals surface area contributed by atoms with Gasteiger partial charge < -0.3 is 5.11 Å². The average Bonchev–Trinajstić information content (AvgIpc) is 2.65. The summed E-state index contributed by atoms with van der Waals surface area (Å²) in [6.07, 6.45) is 4.30. The van der Waals surface area contributed by atoms with E-state index < -0.39 is 0 Å². The number of aliphatic hydroxyl groups is 1. The Hall–Kier alpha value is -0.830. The molecule has 0 aliphatic rings. The van der Waals surface area contributed by atoms with Crippen molar-refractivity contribution >= 4 is 0 Å². The van der Waals surface area contributed by atoms with Gasteiger partial charge >= 0.3 is 0 Å². The average molecular weight is 238 g/mol. The van der Waals surface area contributed by atoms with E-state index in [0.29, 0.717) is 5.92 Å². The second-order valence-electron chi connectivity index (χ2n) is 4.81. The first-order valence-corrected chi connectivity index (χ1v) is 6.86. The monoisotopic (exact) mass is 238 g/mol. The summed E-state index contributed by atoms with van der Waals surface area (Å²) >= 11 is 0. The predicted molar refractivity (Wildman–Crippen MR) is 71.0 cm³/mol. The summed E-state index contributed by atoms with van der Waals surface area (Å²) in [7, 11) is 0. The molecule has 1 aromatic rings. The van der Waals surface area contributed by atoms with Crippen LogP contribution in [0, 0.1) is 5.92 Å². The smallest absolute Gasteiger partial charge is 0.0718 e. The second kappa shape index (κ2) is 6.80. The molecule has 0 radical (unpaired) electrons. The van der Waals surface area contributed by atoms with Crippen LogP contribution in [0.3, 0.4) is 0 Å². The number of aryl methyl sites for hydroxylation is 1. The molecule has 1 rings (SSSR count). The van der Waals surface area contributed by atoms with Gasteiger partial charge in [-0.25, -0.2) is 0 Å². The summed E-state index contributed by atoms with van der Waals surface area (Å²) in [4.78, 5) is 0. The maximum Gasteiger partial charge on any atom is 0.0718 e. The molecule has 1 N–H and O–H groups in total. The Balaban J connectivity index is 2.94. The molecule has 0 aromatic carbocycles. The first kappa shape index (κ1) is 14.2. The van der Waals surface area contributed by atoms with Gasteiger partial charge in [0.2, 0.25) is 0 Å². The fourth-order valence-corrected chi connectivity index (χ4v) is 2.48. The van der Waals surface area contributed by atoms with Gasteiger partial charge in [0.05, 0.1) is 12.3 Å². The minimum atomic E-state index is 0.120. The van der Waals surface area contributed by atoms with Crippen LogP contribution in [-0.2, 0) is 26.0 Å². The van der Waals surface area contributed by atoms with Gasteiger partial charge in [0.1, 0.15) is 0 Å². The van der Waals surface area contributed by atoms with Crippen molar-refractivity contribution in [3.63, 3.8) is 0 Å². The van der Waals surface area contributed by atoms with Crippen molar-refractivity contribution in [2.24, 2.45) is 5.92 Å². The van der Waals surface area contributed by atoms with Gasteiger partial charge in [-0.3, -0.25) is 4.68 Å². The Kier molecular flexibility index (Phi) is 5.69. The lowest BCUT2D eigenvalue weighted by Crippen LogP contribution is -2.12. The number of aliphatic hydroxyl groups excluding tert-OH is 1. The van der Waals surface area contributed by atoms with E-state index in [1.54, 1.807) is 0 Å². The van der Waals surface area contributed by atoms with Gasteiger partial charge in [0.25, 0.3) is 0 Å². The number of hydrogen-bond acceptors (Lipinski definition) is 2. The minimum absolute atomic E-state index is 0.120. The van der Waals surface area contributed by atoms with Crippen LogP contribution in [-0.4, -0.2) is 14.9 Å². The van der Waals surface area contributed by atoms with E-state index in [0.717, 1.165) is 30.6 Å². The highest BCUT2D eigenvalue weighted by molar-refractivity contribution is 5.26. The fraction of sp³-hybridized carbons (Fsp3) is 0.786. The maximum absolute atomic E-state index is 9.46. The van der Waals surface area contributed by atoms with Crippen molar-refractivity contribution < 1.29 is 5.11 Å². The summed E-state index contributed by atoms with van der Waals surface area (Å²) in [5, 5.41) is 14.1. The maximum atomic E-state index is 9.46. The Labute approximate surface area is 105 Å². The molecule has 1 unspecified atom stereocenters. The molecule has 0 aliphatic carbocycles. The van der Waals surface area contributed by atoms with Gasteiger partial charge in [-0.1, -0.05) is 34.1 Å². The summed E-state index contributed by atoms with van der Waals surface area (Å²) in [5.41, 5.74) is 3.33. The fourth-order valence-electron chi connectivity index (χ4n) is 2.48. The summed E-state index contributed by atoms with van der Waals surface area (Å²) < 4.78 is 2.12. The van der Waals surface area contributed by atoms with Crippen LogP contribution in [0.1, 0.15) is 57.5 Å². The van der Waals surface area contributed by atoms with Gasteiger partial charge in [-0.05, 0) is 25.2 Å². The highest BCUT2D eigenvalue weighted by Crippen LogP contribution is 2.18. The molecule has 0 aliphatic heterocycles. The molecule has 0 amide bonds. The van der Waals surface area contributed by atoms with Crippen LogP contribution in [0.15, 0.2) is 0 Å². The molecule has 1 atom stereocenters. The van der Waals surface area contributed by atoms with E-state index in [4.69, 9.17) is 0 Å². The van der Waals surface area contributed by atoms with Crippen LogP contribution in [0.25, 0.3) is 0 Å². The molecule has 98 valence electrons. The minimum Gasteiger partial charge on any atom is -0.392 e. The molecule has 1 aromatic heterocycles. The third-order valence-corrected chi connectivity index (χ3v) is 3.34.